The highest BCUT2D eigenvalue weighted by atomic mass is 127. The third-order valence-electron chi connectivity index (χ3n) is 1.59. The van der Waals surface area contributed by atoms with Gasteiger partial charge in [0.15, 0.2) is 0 Å². The van der Waals surface area contributed by atoms with Gasteiger partial charge in [0.2, 0.25) is 0 Å². The summed E-state index contributed by atoms with van der Waals surface area (Å²) in [6.07, 6.45) is 0.220. The van der Waals surface area contributed by atoms with Crippen LogP contribution in [0.5, 0.6) is 5.75 Å². The second kappa shape index (κ2) is 6.48. The number of hydrogen-bond acceptors (Lipinski definition) is 2. The number of hydrogen-bond donors (Lipinski definition) is 1. The lowest BCUT2D eigenvalue weighted by Gasteiger charge is -2.11. The van der Waals surface area contributed by atoms with Gasteiger partial charge in [-0.25, -0.2) is 0 Å². The van der Waals surface area contributed by atoms with Gasteiger partial charge < -0.3 is 10.5 Å². The molecule has 0 spiro atoms. The van der Waals surface area contributed by atoms with Gasteiger partial charge in [0.05, 0.1) is 9.67 Å². The van der Waals surface area contributed by atoms with E-state index in [-0.39, 0.29) is 18.5 Å². The van der Waals surface area contributed by atoms with Gasteiger partial charge in [0, 0.05) is 6.54 Å². The van der Waals surface area contributed by atoms with E-state index in [1.807, 2.05) is 26.0 Å². The lowest BCUT2D eigenvalue weighted by atomic mass is 10.2. The van der Waals surface area contributed by atoms with Crippen LogP contribution in [0.25, 0.3) is 0 Å². The molecule has 0 unspecified atom stereocenters. The fourth-order valence-electron chi connectivity index (χ4n) is 1.02. The second-order valence-electron chi connectivity index (χ2n) is 3.14. The van der Waals surface area contributed by atoms with Gasteiger partial charge in [-0.1, -0.05) is 6.07 Å². The summed E-state index contributed by atoms with van der Waals surface area (Å²) in [5.41, 5.74) is 6.67. The summed E-state index contributed by atoms with van der Waals surface area (Å²) in [4.78, 5) is 0. The third-order valence-corrected chi connectivity index (χ3v) is 2.44. The zero-order valence-electron chi connectivity index (χ0n) is 8.29. The summed E-state index contributed by atoms with van der Waals surface area (Å²) in [6.45, 7) is 4.62. The first-order valence-corrected chi connectivity index (χ1v) is 5.36. The van der Waals surface area contributed by atoms with Crippen LogP contribution in [0, 0.1) is 3.57 Å². The van der Waals surface area contributed by atoms with Crippen LogP contribution in [-0.2, 0) is 6.54 Å². The largest absolute Gasteiger partial charge is 0.490 e. The van der Waals surface area contributed by atoms with Crippen molar-refractivity contribution in [2.75, 3.05) is 0 Å². The molecule has 0 fully saturated rings. The van der Waals surface area contributed by atoms with Crippen LogP contribution in [0.15, 0.2) is 18.2 Å². The van der Waals surface area contributed by atoms with Crippen LogP contribution in [0.4, 0.5) is 0 Å². The Kier molecular flexibility index (Phi) is 6.48. The van der Waals surface area contributed by atoms with E-state index in [9.17, 15) is 0 Å². The molecule has 2 N–H and O–H groups in total. The molecule has 0 heterocycles. The first kappa shape index (κ1) is 14.0. The van der Waals surface area contributed by atoms with Gasteiger partial charge in [-0.2, -0.15) is 0 Å². The summed E-state index contributed by atoms with van der Waals surface area (Å²) >= 11 is 2.26. The highest BCUT2D eigenvalue weighted by Gasteiger charge is 2.03. The average molecular weight is 328 g/mol. The van der Waals surface area contributed by atoms with Crippen molar-refractivity contribution in [3.63, 3.8) is 0 Å². The molecular formula is C10H15ClINO. The van der Waals surface area contributed by atoms with Crippen molar-refractivity contribution < 1.29 is 4.74 Å². The second-order valence-corrected chi connectivity index (χ2v) is 4.30. The minimum absolute atomic E-state index is 0. The zero-order valence-corrected chi connectivity index (χ0v) is 11.3. The average Bonchev–Trinajstić information content (AvgIpc) is 2.08. The lowest BCUT2D eigenvalue weighted by Crippen LogP contribution is -2.07. The number of ether oxygens (including phenoxy) is 1. The van der Waals surface area contributed by atoms with Crippen molar-refractivity contribution in [2.45, 2.75) is 26.5 Å². The monoisotopic (exact) mass is 327 g/mol. The third kappa shape index (κ3) is 4.02. The molecule has 0 aliphatic heterocycles. The molecule has 80 valence electrons. The standard InChI is InChI=1S/C10H14INO.ClH/c1-7(2)13-10-4-3-8(6-12)5-9(10)11;/h3-5,7H,6,12H2,1-2H3;1H. The summed E-state index contributed by atoms with van der Waals surface area (Å²) in [5, 5.41) is 0. The minimum atomic E-state index is 0. The molecule has 0 bridgehead atoms. The Morgan fingerprint density at radius 1 is 1.43 bits per heavy atom. The van der Waals surface area contributed by atoms with Crippen molar-refractivity contribution in [1.82, 2.24) is 0 Å². The van der Waals surface area contributed by atoms with Gasteiger partial charge >= 0.3 is 0 Å². The van der Waals surface area contributed by atoms with E-state index in [2.05, 4.69) is 28.7 Å². The van der Waals surface area contributed by atoms with Gasteiger partial charge in [-0.05, 0) is 54.1 Å². The molecule has 4 heteroatoms. The lowest BCUT2D eigenvalue weighted by molar-refractivity contribution is 0.240. The molecule has 1 rings (SSSR count). The topological polar surface area (TPSA) is 35.2 Å². The predicted molar refractivity (Wildman–Crippen MR) is 70.1 cm³/mol. The molecule has 0 aliphatic carbocycles. The van der Waals surface area contributed by atoms with Gasteiger partial charge in [0.25, 0.3) is 0 Å². The van der Waals surface area contributed by atoms with Crippen molar-refractivity contribution >= 4 is 35.0 Å². The van der Waals surface area contributed by atoms with E-state index in [1.165, 1.54) is 0 Å². The molecule has 1 aromatic carbocycles. The molecule has 0 amide bonds. The van der Waals surface area contributed by atoms with E-state index in [0.717, 1.165) is 14.9 Å². The van der Waals surface area contributed by atoms with E-state index in [4.69, 9.17) is 10.5 Å². The first-order chi connectivity index (χ1) is 6.13. The van der Waals surface area contributed by atoms with E-state index in [0.29, 0.717) is 6.54 Å². The number of halogens is 2. The maximum absolute atomic E-state index is 5.60. The minimum Gasteiger partial charge on any atom is -0.490 e. The molecule has 2 nitrogen and oxygen atoms in total. The zero-order chi connectivity index (χ0) is 9.84. The van der Waals surface area contributed by atoms with Crippen LogP contribution >= 0.6 is 35.0 Å². The van der Waals surface area contributed by atoms with Crippen LogP contribution in [0.2, 0.25) is 0 Å². The molecule has 0 atom stereocenters. The molecule has 0 saturated heterocycles. The SMILES string of the molecule is CC(C)Oc1ccc(CN)cc1I.Cl. The molecule has 14 heavy (non-hydrogen) atoms. The van der Waals surface area contributed by atoms with E-state index < -0.39 is 0 Å². The van der Waals surface area contributed by atoms with Gasteiger partial charge in [0.1, 0.15) is 5.75 Å². The molecule has 1 aromatic rings. The summed E-state index contributed by atoms with van der Waals surface area (Å²) in [6, 6.07) is 6.03. The Labute approximate surface area is 105 Å². The highest BCUT2D eigenvalue weighted by Crippen LogP contribution is 2.22. The van der Waals surface area contributed by atoms with Crippen molar-refractivity contribution in [3.05, 3.63) is 27.3 Å². The van der Waals surface area contributed by atoms with Gasteiger partial charge in [-0.15, -0.1) is 12.4 Å². The Morgan fingerprint density at radius 3 is 2.50 bits per heavy atom. The molecule has 0 radical (unpaired) electrons. The summed E-state index contributed by atoms with van der Waals surface area (Å²) < 4.78 is 6.72. The highest BCUT2D eigenvalue weighted by molar-refractivity contribution is 14.1. The maximum Gasteiger partial charge on any atom is 0.133 e. The summed E-state index contributed by atoms with van der Waals surface area (Å²) in [7, 11) is 0. The van der Waals surface area contributed by atoms with Crippen molar-refractivity contribution in [1.29, 1.82) is 0 Å². The Balaban J connectivity index is 0.00000169. The van der Waals surface area contributed by atoms with Gasteiger partial charge in [-0.3, -0.25) is 0 Å². The first-order valence-electron chi connectivity index (χ1n) is 4.28. The Hall–Kier alpha value is -0.0000000000000000555. The molecule has 0 saturated carbocycles. The van der Waals surface area contributed by atoms with E-state index >= 15 is 0 Å². The van der Waals surface area contributed by atoms with Crippen molar-refractivity contribution in [3.8, 4) is 5.75 Å². The van der Waals surface area contributed by atoms with Crippen LogP contribution in [-0.4, -0.2) is 6.10 Å². The van der Waals surface area contributed by atoms with E-state index in [1.54, 1.807) is 0 Å². The van der Waals surface area contributed by atoms with Crippen LogP contribution in [0.1, 0.15) is 19.4 Å². The number of nitrogens with two attached hydrogens (primary N) is 1. The smallest absolute Gasteiger partial charge is 0.133 e. The van der Waals surface area contributed by atoms with Crippen LogP contribution < -0.4 is 10.5 Å². The number of benzene rings is 1. The van der Waals surface area contributed by atoms with Crippen LogP contribution in [0.3, 0.4) is 0 Å². The Morgan fingerprint density at radius 2 is 2.07 bits per heavy atom. The number of rotatable bonds is 3. The quantitative estimate of drug-likeness (QED) is 0.866. The maximum atomic E-state index is 5.60. The van der Waals surface area contributed by atoms with Crippen molar-refractivity contribution in [2.24, 2.45) is 5.73 Å². The molecule has 0 aromatic heterocycles. The fourth-order valence-corrected chi connectivity index (χ4v) is 1.73. The Bertz CT molecular complexity index is 291. The molecule has 0 aliphatic rings. The fraction of sp³-hybridized carbons (Fsp3) is 0.400. The molecular weight excluding hydrogens is 312 g/mol. The summed E-state index contributed by atoms with van der Waals surface area (Å²) in [5.74, 6) is 0.938. The normalized spacial score (nSPS) is 9.79. The predicted octanol–water partition coefficient (Wildman–Crippen LogP) is 2.96.